The SMILES string of the molecule is COc1ccc(-c2nc(Cn3cnc4ccc(Br)cc4c3=O)co2)cc1. The molecule has 0 saturated heterocycles. The summed E-state index contributed by atoms with van der Waals surface area (Å²) in [6.45, 7) is 0.286. The minimum Gasteiger partial charge on any atom is -0.497 e. The number of nitrogens with zero attached hydrogens (tertiary/aromatic N) is 3. The number of fused-ring (bicyclic) bond motifs is 1. The highest BCUT2D eigenvalue weighted by Gasteiger charge is 2.10. The molecule has 0 unspecified atom stereocenters. The highest BCUT2D eigenvalue weighted by atomic mass is 79.9. The molecule has 0 saturated carbocycles. The quantitative estimate of drug-likeness (QED) is 0.509. The van der Waals surface area contributed by atoms with Crippen molar-refractivity contribution in [2.24, 2.45) is 0 Å². The summed E-state index contributed by atoms with van der Waals surface area (Å²) in [6, 6.07) is 12.9. The van der Waals surface area contributed by atoms with Crippen LogP contribution in [0, 0.1) is 0 Å². The Balaban J connectivity index is 1.64. The molecule has 6 nitrogen and oxygen atoms in total. The number of ether oxygens (including phenoxy) is 1. The van der Waals surface area contributed by atoms with Crippen molar-refractivity contribution in [2.75, 3.05) is 7.11 Å². The summed E-state index contributed by atoms with van der Waals surface area (Å²) < 4.78 is 13.1. The Morgan fingerprint density at radius 3 is 2.77 bits per heavy atom. The zero-order valence-electron chi connectivity index (χ0n) is 13.8. The Labute approximate surface area is 157 Å². The molecule has 2 aromatic heterocycles. The van der Waals surface area contributed by atoms with Gasteiger partial charge >= 0.3 is 0 Å². The Bertz CT molecular complexity index is 1130. The van der Waals surface area contributed by atoms with E-state index in [1.165, 1.54) is 10.9 Å². The van der Waals surface area contributed by atoms with Gasteiger partial charge in [-0.15, -0.1) is 0 Å². The number of hydrogen-bond acceptors (Lipinski definition) is 5. The molecule has 4 aromatic rings. The summed E-state index contributed by atoms with van der Waals surface area (Å²) in [5, 5.41) is 0.556. The van der Waals surface area contributed by atoms with Crippen LogP contribution in [0.4, 0.5) is 0 Å². The van der Waals surface area contributed by atoms with Gasteiger partial charge in [-0.3, -0.25) is 9.36 Å². The summed E-state index contributed by atoms with van der Waals surface area (Å²) in [5.74, 6) is 1.26. The normalized spacial score (nSPS) is 11.0. The van der Waals surface area contributed by atoms with E-state index in [9.17, 15) is 4.79 Å². The van der Waals surface area contributed by atoms with E-state index in [0.717, 1.165) is 15.8 Å². The van der Waals surface area contributed by atoms with E-state index in [4.69, 9.17) is 9.15 Å². The van der Waals surface area contributed by atoms with Gasteiger partial charge < -0.3 is 9.15 Å². The Morgan fingerprint density at radius 1 is 1.19 bits per heavy atom. The third kappa shape index (κ3) is 3.13. The zero-order chi connectivity index (χ0) is 18.1. The number of halogens is 1. The number of aromatic nitrogens is 3. The van der Waals surface area contributed by atoms with Crippen molar-refractivity contribution in [1.29, 1.82) is 0 Å². The second kappa shape index (κ2) is 6.76. The molecule has 7 heteroatoms. The van der Waals surface area contributed by atoms with Gasteiger partial charge in [0.1, 0.15) is 12.0 Å². The lowest BCUT2D eigenvalue weighted by Crippen LogP contribution is -2.21. The van der Waals surface area contributed by atoms with Crippen LogP contribution in [0.5, 0.6) is 5.75 Å². The summed E-state index contributed by atoms with van der Waals surface area (Å²) >= 11 is 3.39. The molecule has 0 spiro atoms. The van der Waals surface area contributed by atoms with Crippen LogP contribution in [-0.2, 0) is 6.54 Å². The van der Waals surface area contributed by atoms with E-state index in [1.54, 1.807) is 19.4 Å². The molecule has 130 valence electrons. The molecule has 0 aliphatic heterocycles. The minimum absolute atomic E-state index is 0.120. The maximum Gasteiger partial charge on any atom is 0.261 e. The topological polar surface area (TPSA) is 70.2 Å². The number of methoxy groups -OCH3 is 1. The molecule has 0 bridgehead atoms. The van der Waals surface area contributed by atoms with E-state index in [2.05, 4.69) is 25.9 Å². The van der Waals surface area contributed by atoms with Gasteiger partial charge in [-0.2, -0.15) is 0 Å². The third-order valence-electron chi connectivity index (χ3n) is 4.01. The Morgan fingerprint density at radius 2 is 2.00 bits per heavy atom. The van der Waals surface area contributed by atoms with Gasteiger partial charge in [0.15, 0.2) is 0 Å². The molecule has 0 aliphatic carbocycles. The number of hydrogen-bond donors (Lipinski definition) is 0. The second-order valence-corrected chi connectivity index (χ2v) is 6.63. The average molecular weight is 412 g/mol. The number of benzene rings is 2. The lowest BCUT2D eigenvalue weighted by Gasteiger charge is -2.04. The van der Waals surface area contributed by atoms with Crippen LogP contribution in [0.3, 0.4) is 0 Å². The van der Waals surface area contributed by atoms with Crippen LogP contribution in [0.25, 0.3) is 22.4 Å². The third-order valence-corrected chi connectivity index (χ3v) is 4.50. The van der Waals surface area contributed by atoms with Crippen molar-refractivity contribution in [3.8, 4) is 17.2 Å². The van der Waals surface area contributed by atoms with Crippen molar-refractivity contribution < 1.29 is 9.15 Å². The number of rotatable bonds is 4. The van der Waals surface area contributed by atoms with Gasteiger partial charge in [-0.1, -0.05) is 15.9 Å². The molecule has 0 atom stereocenters. The summed E-state index contributed by atoms with van der Waals surface area (Å²) in [7, 11) is 1.62. The number of oxazole rings is 1. The van der Waals surface area contributed by atoms with E-state index < -0.39 is 0 Å². The van der Waals surface area contributed by atoms with Gasteiger partial charge in [-0.25, -0.2) is 9.97 Å². The Hall–Kier alpha value is -2.93. The van der Waals surface area contributed by atoms with Crippen LogP contribution in [0.2, 0.25) is 0 Å². The van der Waals surface area contributed by atoms with Crippen LogP contribution in [-0.4, -0.2) is 21.6 Å². The molecule has 0 N–H and O–H groups in total. The summed E-state index contributed by atoms with van der Waals surface area (Å²) in [6.07, 6.45) is 3.08. The second-order valence-electron chi connectivity index (χ2n) is 5.71. The van der Waals surface area contributed by atoms with Crippen molar-refractivity contribution in [2.45, 2.75) is 6.54 Å². The molecule has 26 heavy (non-hydrogen) atoms. The maximum absolute atomic E-state index is 12.7. The molecular formula is C19H14BrN3O3. The van der Waals surface area contributed by atoms with E-state index >= 15 is 0 Å². The zero-order valence-corrected chi connectivity index (χ0v) is 15.4. The first-order valence-corrected chi connectivity index (χ1v) is 8.67. The predicted molar refractivity (Wildman–Crippen MR) is 101 cm³/mol. The fourth-order valence-corrected chi connectivity index (χ4v) is 3.03. The monoisotopic (exact) mass is 411 g/mol. The van der Waals surface area contributed by atoms with Gasteiger partial charge in [0.05, 0.1) is 36.6 Å². The minimum atomic E-state index is -0.120. The van der Waals surface area contributed by atoms with Gasteiger partial charge in [0.25, 0.3) is 5.56 Å². The van der Waals surface area contributed by atoms with E-state index in [1.807, 2.05) is 36.4 Å². The van der Waals surface area contributed by atoms with Crippen molar-refractivity contribution in [3.05, 3.63) is 75.6 Å². The van der Waals surface area contributed by atoms with Crippen molar-refractivity contribution in [3.63, 3.8) is 0 Å². The standard InChI is InChI=1S/C19H14BrN3O3/c1-25-15-5-2-12(3-6-15)18-22-14(10-26-18)9-23-11-21-17-7-4-13(20)8-16(17)19(23)24/h2-8,10-11H,9H2,1H3. The predicted octanol–water partition coefficient (Wildman–Crippen LogP) is 3.87. The molecule has 0 radical (unpaired) electrons. The molecular weight excluding hydrogens is 398 g/mol. The van der Waals surface area contributed by atoms with Crippen molar-refractivity contribution in [1.82, 2.24) is 14.5 Å². The van der Waals surface area contributed by atoms with Gasteiger partial charge in [0.2, 0.25) is 5.89 Å². The summed E-state index contributed by atoms with van der Waals surface area (Å²) in [4.78, 5) is 21.5. The lowest BCUT2D eigenvalue weighted by atomic mass is 10.2. The Kier molecular flexibility index (Phi) is 4.30. The van der Waals surface area contributed by atoms with Crippen LogP contribution in [0.1, 0.15) is 5.69 Å². The average Bonchev–Trinajstić information content (AvgIpc) is 3.13. The first-order chi connectivity index (χ1) is 12.6. The smallest absolute Gasteiger partial charge is 0.261 e. The summed E-state index contributed by atoms with van der Waals surface area (Å²) in [5.41, 5.74) is 2.03. The molecule has 2 heterocycles. The molecule has 2 aromatic carbocycles. The molecule has 4 rings (SSSR count). The largest absolute Gasteiger partial charge is 0.497 e. The molecule has 0 amide bonds. The molecule has 0 aliphatic rings. The van der Waals surface area contributed by atoms with E-state index in [-0.39, 0.29) is 12.1 Å². The lowest BCUT2D eigenvalue weighted by molar-refractivity contribution is 0.415. The fourth-order valence-electron chi connectivity index (χ4n) is 2.66. The molecule has 0 fully saturated rings. The van der Waals surface area contributed by atoms with Crippen LogP contribution < -0.4 is 10.3 Å². The van der Waals surface area contributed by atoms with Gasteiger partial charge in [-0.05, 0) is 42.5 Å². The van der Waals surface area contributed by atoms with Crippen LogP contribution in [0.15, 0.2) is 68.7 Å². The first-order valence-electron chi connectivity index (χ1n) is 7.87. The maximum atomic E-state index is 12.7. The highest BCUT2D eigenvalue weighted by Crippen LogP contribution is 2.22. The fraction of sp³-hybridized carbons (Fsp3) is 0.105. The highest BCUT2D eigenvalue weighted by molar-refractivity contribution is 9.10. The van der Waals surface area contributed by atoms with Gasteiger partial charge in [0, 0.05) is 10.0 Å². The van der Waals surface area contributed by atoms with Crippen LogP contribution >= 0.6 is 15.9 Å². The first kappa shape index (κ1) is 16.5. The van der Waals surface area contributed by atoms with E-state index in [0.29, 0.717) is 22.5 Å². The van der Waals surface area contributed by atoms with Crippen molar-refractivity contribution >= 4 is 26.8 Å².